The van der Waals surface area contributed by atoms with E-state index in [0.29, 0.717) is 6.61 Å². The average Bonchev–Trinajstić information content (AvgIpc) is 2.27. The van der Waals surface area contributed by atoms with E-state index >= 15 is 0 Å². The zero-order valence-corrected chi connectivity index (χ0v) is 8.56. The molecule has 0 bridgehead atoms. The van der Waals surface area contributed by atoms with Crippen LogP contribution in [0.3, 0.4) is 0 Å². The van der Waals surface area contributed by atoms with E-state index in [1.54, 1.807) is 0 Å². The SMILES string of the molecule is C=CC(N)CC(=O)OCc1ccccc1. The van der Waals surface area contributed by atoms with Gasteiger partial charge in [-0.15, -0.1) is 6.58 Å². The third-order valence-corrected chi connectivity index (χ3v) is 1.95. The molecule has 0 aromatic heterocycles. The van der Waals surface area contributed by atoms with Crippen molar-refractivity contribution in [1.29, 1.82) is 0 Å². The quantitative estimate of drug-likeness (QED) is 0.587. The molecule has 1 aromatic carbocycles. The molecule has 80 valence electrons. The highest BCUT2D eigenvalue weighted by atomic mass is 16.5. The summed E-state index contributed by atoms with van der Waals surface area (Å²) in [6.45, 7) is 3.79. The van der Waals surface area contributed by atoms with Crippen molar-refractivity contribution in [2.45, 2.75) is 19.1 Å². The largest absolute Gasteiger partial charge is 0.461 e. The van der Waals surface area contributed by atoms with Gasteiger partial charge in [-0.1, -0.05) is 36.4 Å². The van der Waals surface area contributed by atoms with Gasteiger partial charge in [-0.05, 0) is 5.56 Å². The van der Waals surface area contributed by atoms with Gasteiger partial charge in [0.2, 0.25) is 0 Å². The Hall–Kier alpha value is -1.61. The molecule has 0 spiro atoms. The van der Waals surface area contributed by atoms with Crippen molar-refractivity contribution < 1.29 is 9.53 Å². The second-order valence-electron chi connectivity index (χ2n) is 3.25. The molecule has 0 aliphatic carbocycles. The van der Waals surface area contributed by atoms with Crippen LogP contribution < -0.4 is 5.73 Å². The molecule has 0 amide bonds. The van der Waals surface area contributed by atoms with Crippen molar-refractivity contribution in [1.82, 2.24) is 0 Å². The van der Waals surface area contributed by atoms with Crippen molar-refractivity contribution in [2.24, 2.45) is 5.73 Å². The van der Waals surface area contributed by atoms with Gasteiger partial charge in [-0.25, -0.2) is 0 Å². The fourth-order valence-electron chi connectivity index (χ4n) is 1.07. The number of ether oxygens (including phenoxy) is 1. The van der Waals surface area contributed by atoms with E-state index in [2.05, 4.69) is 6.58 Å². The smallest absolute Gasteiger partial charge is 0.308 e. The lowest BCUT2D eigenvalue weighted by Crippen LogP contribution is -2.22. The molecule has 15 heavy (non-hydrogen) atoms. The maximum atomic E-state index is 11.2. The summed E-state index contributed by atoms with van der Waals surface area (Å²) < 4.78 is 5.03. The number of hydrogen-bond donors (Lipinski definition) is 1. The molecule has 1 rings (SSSR count). The summed E-state index contributed by atoms with van der Waals surface area (Å²) in [5.74, 6) is -0.300. The Bertz CT molecular complexity index is 322. The van der Waals surface area contributed by atoms with Crippen LogP contribution >= 0.6 is 0 Å². The van der Waals surface area contributed by atoms with Gasteiger partial charge in [0.25, 0.3) is 0 Å². The van der Waals surface area contributed by atoms with Crippen LogP contribution in [0.4, 0.5) is 0 Å². The summed E-state index contributed by atoms with van der Waals surface area (Å²) in [5, 5.41) is 0. The molecule has 1 unspecified atom stereocenters. The second-order valence-corrected chi connectivity index (χ2v) is 3.25. The monoisotopic (exact) mass is 205 g/mol. The zero-order chi connectivity index (χ0) is 11.1. The molecule has 3 nitrogen and oxygen atoms in total. The van der Waals surface area contributed by atoms with Crippen LogP contribution in [-0.2, 0) is 16.1 Å². The number of hydrogen-bond acceptors (Lipinski definition) is 3. The van der Waals surface area contributed by atoms with Crippen LogP contribution in [0.25, 0.3) is 0 Å². The van der Waals surface area contributed by atoms with Gasteiger partial charge in [0.1, 0.15) is 6.61 Å². The Labute approximate surface area is 89.5 Å². The van der Waals surface area contributed by atoms with Crippen molar-refractivity contribution in [2.75, 3.05) is 0 Å². The third-order valence-electron chi connectivity index (χ3n) is 1.95. The van der Waals surface area contributed by atoms with Gasteiger partial charge in [0, 0.05) is 6.04 Å². The zero-order valence-electron chi connectivity index (χ0n) is 8.56. The van der Waals surface area contributed by atoms with Crippen LogP contribution in [0.5, 0.6) is 0 Å². The number of rotatable bonds is 5. The second kappa shape index (κ2) is 5.98. The Morgan fingerprint density at radius 2 is 2.13 bits per heavy atom. The molecule has 0 fully saturated rings. The summed E-state index contributed by atoms with van der Waals surface area (Å²) in [4.78, 5) is 11.2. The van der Waals surface area contributed by atoms with E-state index in [1.165, 1.54) is 6.08 Å². The first-order valence-corrected chi connectivity index (χ1v) is 4.80. The number of carbonyl (C=O) groups excluding carboxylic acids is 1. The van der Waals surface area contributed by atoms with E-state index in [4.69, 9.17) is 10.5 Å². The van der Waals surface area contributed by atoms with Crippen LogP contribution in [0.15, 0.2) is 43.0 Å². The van der Waals surface area contributed by atoms with E-state index < -0.39 is 0 Å². The predicted octanol–water partition coefficient (Wildman–Crippen LogP) is 1.63. The standard InChI is InChI=1S/C12H15NO2/c1-2-11(13)8-12(14)15-9-10-6-4-3-5-7-10/h2-7,11H,1,8-9,13H2. The Balaban J connectivity index is 2.31. The molecule has 0 aliphatic rings. The number of benzene rings is 1. The lowest BCUT2D eigenvalue weighted by atomic mass is 10.2. The molecule has 0 aliphatic heterocycles. The molecular formula is C12H15NO2. The molecular weight excluding hydrogens is 190 g/mol. The fourth-order valence-corrected chi connectivity index (χ4v) is 1.07. The fraction of sp³-hybridized carbons (Fsp3) is 0.250. The minimum absolute atomic E-state index is 0.177. The minimum atomic E-state index is -0.326. The molecule has 3 heteroatoms. The van der Waals surface area contributed by atoms with E-state index in [9.17, 15) is 4.79 Å². The van der Waals surface area contributed by atoms with Crippen LogP contribution in [0.2, 0.25) is 0 Å². The first-order chi connectivity index (χ1) is 7.22. The highest BCUT2D eigenvalue weighted by molar-refractivity contribution is 5.70. The highest BCUT2D eigenvalue weighted by Gasteiger charge is 2.07. The van der Waals surface area contributed by atoms with Crippen molar-refractivity contribution in [3.05, 3.63) is 48.6 Å². The normalized spacial score (nSPS) is 11.8. The average molecular weight is 205 g/mol. The predicted molar refractivity (Wildman–Crippen MR) is 59.0 cm³/mol. The van der Waals surface area contributed by atoms with E-state index in [-0.39, 0.29) is 18.4 Å². The summed E-state index contributed by atoms with van der Waals surface area (Å²) >= 11 is 0. The summed E-state index contributed by atoms with van der Waals surface area (Å²) in [6, 6.07) is 9.20. The summed E-state index contributed by atoms with van der Waals surface area (Å²) in [7, 11) is 0. The van der Waals surface area contributed by atoms with Crippen LogP contribution in [0, 0.1) is 0 Å². The Morgan fingerprint density at radius 1 is 1.47 bits per heavy atom. The Morgan fingerprint density at radius 3 is 2.73 bits per heavy atom. The molecule has 0 saturated carbocycles. The van der Waals surface area contributed by atoms with E-state index in [1.807, 2.05) is 30.3 Å². The molecule has 0 radical (unpaired) electrons. The van der Waals surface area contributed by atoms with Gasteiger partial charge >= 0.3 is 5.97 Å². The van der Waals surface area contributed by atoms with Gasteiger partial charge in [0.05, 0.1) is 6.42 Å². The Kier molecular flexibility index (Phi) is 4.57. The minimum Gasteiger partial charge on any atom is -0.461 e. The highest BCUT2D eigenvalue weighted by Crippen LogP contribution is 2.02. The molecule has 1 atom stereocenters. The van der Waals surface area contributed by atoms with Crippen molar-refractivity contribution >= 4 is 5.97 Å². The molecule has 0 heterocycles. The summed E-state index contributed by atoms with van der Waals surface area (Å²) in [5.41, 5.74) is 6.49. The number of carbonyl (C=O) groups is 1. The first-order valence-electron chi connectivity index (χ1n) is 4.80. The maximum absolute atomic E-state index is 11.2. The topological polar surface area (TPSA) is 52.3 Å². The van der Waals surface area contributed by atoms with E-state index in [0.717, 1.165) is 5.56 Å². The third kappa shape index (κ3) is 4.42. The maximum Gasteiger partial charge on any atom is 0.308 e. The molecule has 0 saturated heterocycles. The number of nitrogens with two attached hydrogens (primary N) is 1. The van der Waals surface area contributed by atoms with Crippen LogP contribution in [0.1, 0.15) is 12.0 Å². The lowest BCUT2D eigenvalue weighted by molar-refractivity contribution is -0.145. The van der Waals surface area contributed by atoms with Crippen molar-refractivity contribution in [3.8, 4) is 0 Å². The van der Waals surface area contributed by atoms with Gasteiger partial charge in [-0.3, -0.25) is 4.79 Å². The summed E-state index contributed by atoms with van der Waals surface area (Å²) in [6.07, 6.45) is 1.71. The first kappa shape index (κ1) is 11.5. The van der Waals surface area contributed by atoms with Gasteiger partial charge in [0.15, 0.2) is 0 Å². The van der Waals surface area contributed by atoms with Crippen molar-refractivity contribution in [3.63, 3.8) is 0 Å². The molecule has 1 aromatic rings. The lowest BCUT2D eigenvalue weighted by Gasteiger charge is -2.07. The number of esters is 1. The van der Waals surface area contributed by atoms with Gasteiger partial charge < -0.3 is 10.5 Å². The molecule has 2 N–H and O–H groups in total. The van der Waals surface area contributed by atoms with Gasteiger partial charge in [-0.2, -0.15) is 0 Å². The van der Waals surface area contributed by atoms with Crippen LogP contribution in [-0.4, -0.2) is 12.0 Å².